The lowest BCUT2D eigenvalue weighted by Crippen LogP contribution is -2.12. The highest BCUT2D eigenvalue weighted by molar-refractivity contribution is 7.92. The molecule has 2 aromatic rings. The van der Waals surface area contributed by atoms with Crippen molar-refractivity contribution in [1.29, 1.82) is 0 Å². The summed E-state index contributed by atoms with van der Waals surface area (Å²) in [4.78, 5) is 0.272. The average molecular weight is 302 g/mol. The Morgan fingerprint density at radius 2 is 1.48 bits per heavy atom. The Kier molecular flexibility index (Phi) is 3.59. The second kappa shape index (κ2) is 5.41. The first-order valence-electron chi connectivity index (χ1n) is 6.99. The topological polar surface area (TPSA) is 58.2 Å². The predicted molar refractivity (Wildman–Crippen MR) is 85.1 cm³/mol. The van der Waals surface area contributed by atoms with Gasteiger partial charge in [0.05, 0.1) is 4.90 Å². The fraction of sp³-hybridized carbons (Fsp3) is 0.250. The van der Waals surface area contributed by atoms with E-state index in [-0.39, 0.29) is 4.90 Å². The van der Waals surface area contributed by atoms with Crippen LogP contribution in [0, 0.1) is 6.92 Å². The Morgan fingerprint density at radius 1 is 0.905 bits per heavy atom. The van der Waals surface area contributed by atoms with Crippen LogP contribution in [-0.4, -0.2) is 14.5 Å². The third-order valence-corrected chi connectivity index (χ3v) is 4.81. The van der Waals surface area contributed by atoms with Crippen LogP contribution in [0.15, 0.2) is 53.4 Å². The normalized spacial score (nSPS) is 14.7. The van der Waals surface area contributed by atoms with E-state index in [1.165, 1.54) is 12.8 Å². The number of anilines is 2. The molecule has 0 atom stereocenters. The van der Waals surface area contributed by atoms with E-state index in [4.69, 9.17) is 0 Å². The summed E-state index contributed by atoms with van der Waals surface area (Å²) in [5.74, 6) is 0. The molecule has 0 bridgehead atoms. The van der Waals surface area contributed by atoms with E-state index in [0.717, 1.165) is 11.3 Å². The van der Waals surface area contributed by atoms with Gasteiger partial charge in [0.2, 0.25) is 0 Å². The lowest BCUT2D eigenvalue weighted by Gasteiger charge is -2.10. The zero-order chi connectivity index (χ0) is 14.9. The van der Waals surface area contributed by atoms with Gasteiger partial charge in [-0.2, -0.15) is 0 Å². The highest BCUT2D eigenvalue weighted by Gasteiger charge is 2.20. The van der Waals surface area contributed by atoms with Crippen LogP contribution in [0.3, 0.4) is 0 Å². The van der Waals surface area contributed by atoms with Gasteiger partial charge in [0.25, 0.3) is 10.0 Å². The zero-order valence-electron chi connectivity index (χ0n) is 11.8. The molecular formula is C16H18N2O2S. The van der Waals surface area contributed by atoms with Gasteiger partial charge in [0, 0.05) is 17.4 Å². The smallest absolute Gasteiger partial charge is 0.261 e. The van der Waals surface area contributed by atoms with Crippen molar-refractivity contribution in [3.63, 3.8) is 0 Å². The minimum Gasteiger partial charge on any atom is -0.382 e. The number of benzene rings is 2. The van der Waals surface area contributed by atoms with Crippen molar-refractivity contribution in [3.05, 3.63) is 54.1 Å². The van der Waals surface area contributed by atoms with Crippen LogP contribution in [0.25, 0.3) is 0 Å². The summed E-state index contributed by atoms with van der Waals surface area (Å²) in [5, 5.41) is 3.37. The molecule has 1 aliphatic rings. The maximum Gasteiger partial charge on any atom is 0.261 e. The maximum atomic E-state index is 12.3. The highest BCUT2D eigenvalue weighted by Crippen LogP contribution is 2.25. The highest BCUT2D eigenvalue weighted by atomic mass is 32.2. The molecule has 3 rings (SSSR count). The molecule has 0 amide bonds. The standard InChI is InChI=1S/C16H18N2O2S/c1-12-2-10-16(11-3-12)21(19,20)18-15-8-6-14(7-9-15)17-13-4-5-13/h2-3,6-11,13,17-18H,4-5H2,1H3. The molecule has 21 heavy (non-hydrogen) atoms. The predicted octanol–water partition coefficient (Wildman–Crippen LogP) is 3.37. The van der Waals surface area contributed by atoms with Crippen molar-refractivity contribution in [3.8, 4) is 0 Å². The summed E-state index contributed by atoms with van der Waals surface area (Å²) in [7, 11) is -3.52. The monoisotopic (exact) mass is 302 g/mol. The summed E-state index contributed by atoms with van der Waals surface area (Å²) in [6.45, 7) is 1.93. The van der Waals surface area contributed by atoms with Gasteiger partial charge in [-0.15, -0.1) is 0 Å². The van der Waals surface area contributed by atoms with Crippen molar-refractivity contribution in [2.75, 3.05) is 10.0 Å². The van der Waals surface area contributed by atoms with Gasteiger partial charge in [0.15, 0.2) is 0 Å². The summed E-state index contributed by atoms with van der Waals surface area (Å²) < 4.78 is 27.1. The minimum absolute atomic E-state index is 0.272. The number of aryl methyl sites for hydroxylation is 1. The molecule has 0 saturated heterocycles. The van der Waals surface area contributed by atoms with Crippen LogP contribution >= 0.6 is 0 Å². The molecule has 0 aromatic heterocycles. The average Bonchev–Trinajstić information content (AvgIpc) is 3.25. The van der Waals surface area contributed by atoms with Crippen LogP contribution in [0.4, 0.5) is 11.4 Å². The van der Waals surface area contributed by atoms with E-state index in [2.05, 4.69) is 10.0 Å². The van der Waals surface area contributed by atoms with Crippen molar-refractivity contribution in [1.82, 2.24) is 0 Å². The third-order valence-electron chi connectivity index (χ3n) is 3.42. The quantitative estimate of drug-likeness (QED) is 0.890. The molecule has 2 N–H and O–H groups in total. The largest absolute Gasteiger partial charge is 0.382 e. The first-order valence-corrected chi connectivity index (χ1v) is 8.47. The Labute approximate surface area is 125 Å². The van der Waals surface area contributed by atoms with Crippen LogP contribution in [-0.2, 0) is 10.0 Å². The number of rotatable bonds is 5. The molecular weight excluding hydrogens is 284 g/mol. The zero-order valence-corrected chi connectivity index (χ0v) is 12.7. The molecule has 2 aromatic carbocycles. The Morgan fingerprint density at radius 3 is 2.05 bits per heavy atom. The Hall–Kier alpha value is -2.01. The molecule has 1 fully saturated rings. The van der Waals surface area contributed by atoms with E-state index >= 15 is 0 Å². The molecule has 1 saturated carbocycles. The molecule has 0 unspecified atom stereocenters. The van der Waals surface area contributed by atoms with Crippen molar-refractivity contribution >= 4 is 21.4 Å². The number of hydrogen-bond acceptors (Lipinski definition) is 3. The summed E-state index contributed by atoms with van der Waals surface area (Å²) in [5.41, 5.74) is 2.62. The van der Waals surface area contributed by atoms with Gasteiger partial charge in [0.1, 0.15) is 0 Å². The molecule has 1 aliphatic carbocycles. The maximum absolute atomic E-state index is 12.3. The van der Waals surface area contributed by atoms with E-state index < -0.39 is 10.0 Å². The van der Waals surface area contributed by atoms with Crippen LogP contribution in [0.2, 0.25) is 0 Å². The van der Waals surface area contributed by atoms with Gasteiger partial charge in [-0.25, -0.2) is 8.42 Å². The van der Waals surface area contributed by atoms with Crippen LogP contribution in [0.5, 0.6) is 0 Å². The second-order valence-electron chi connectivity index (χ2n) is 5.41. The lowest BCUT2D eigenvalue weighted by molar-refractivity contribution is 0.601. The van der Waals surface area contributed by atoms with Crippen molar-refractivity contribution < 1.29 is 8.42 Å². The van der Waals surface area contributed by atoms with Gasteiger partial charge < -0.3 is 5.32 Å². The van der Waals surface area contributed by atoms with E-state index in [0.29, 0.717) is 11.7 Å². The van der Waals surface area contributed by atoms with Gasteiger partial charge in [-0.1, -0.05) is 17.7 Å². The summed E-state index contributed by atoms with van der Waals surface area (Å²) in [6.07, 6.45) is 2.42. The van der Waals surface area contributed by atoms with Crippen molar-refractivity contribution in [2.45, 2.75) is 30.7 Å². The lowest BCUT2D eigenvalue weighted by atomic mass is 10.2. The molecule has 110 valence electrons. The van der Waals surface area contributed by atoms with Crippen LogP contribution in [0.1, 0.15) is 18.4 Å². The molecule has 0 aliphatic heterocycles. The Bertz CT molecular complexity index is 718. The summed E-state index contributed by atoms with van der Waals surface area (Å²) in [6, 6.07) is 14.7. The number of nitrogens with one attached hydrogen (secondary N) is 2. The first kappa shape index (κ1) is 13.9. The van der Waals surface area contributed by atoms with E-state index in [1.807, 2.05) is 19.1 Å². The fourth-order valence-electron chi connectivity index (χ4n) is 2.03. The SMILES string of the molecule is Cc1ccc(S(=O)(=O)Nc2ccc(NC3CC3)cc2)cc1. The second-order valence-corrected chi connectivity index (χ2v) is 7.10. The van der Waals surface area contributed by atoms with E-state index in [9.17, 15) is 8.42 Å². The molecule has 4 nitrogen and oxygen atoms in total. The Balaban J connectivity index is 1.73. The molecule has 5 heteroatoms. The molecule has 0 radical (unpaired) electrons. The van der Waals surface area contributed by atoms with Crippen molar-refractivity contribution in [2.24, 2.45) is 0 Å². The number of sulfonamides is 1. The number of hydrogen-bond donors (Lipinski definition) is 2. The van der Waals surface area contributed by atoms with Gasteiger partial charge in [-0.05, 0) is 56.2 Å². The van der Waals surface area contributed by atoms with Gasteiger partial charge >= 0.3 is 0 Å². The van der Waals surface area contributed by atoms with Crippen LogP contribution < -0.4 is 10.0 Å². The fourth-order valence-corrected chi connectivity index (χ4v) is 3.09. The third kappa shape index (κ3) is 3.55. The van der Waals surface area contributed by atoms with E-state index in [1.54, 1.807) is 36.4 Å². The van der Waals surface area contributed by atoms with Gasteiger partial charge in [-0.3, -0.25) is 4.72 Å². The minimum atomic E-state index is -3.52. The first-order chi connectivity index (χ1) is 10.0. The molecule has 0 spiro atoms. The molecule has 0 heterocycles. The summed E-state index contributed by atoms with van der Waals surface area (Å²) >= 11 is 0.